The first kappa shape index (κ1) is 13.7. The molecule has 0 amide bonds. The van der Waals surface area contributed by atoms with Gasteiger partial charge in [-0.1, -0.05) is 19.4 Å². The van der Waals surface area contributed by atoms with Gasteiger partial charge >= 0.3 is 11.9 Å². The highest BCUT2D eigenvalue weighted by Crippen LogP contribution is 2.01. The topological polar surface area (TPSA) is 63.6 Å². The van der Waals surface area contributed by atoms with E-state index < -0.39 is 11.9 Å². The number of carboxylic acid groups (broad SMARTS) is 1. The van der Waals surface area contributed by atoms with Crippen LogP contribution in [-0.2, 0) is 14.3 Å². The molecule has 1 unspecified atom stereocenters. The molecule has 1 atom stereocenters. The molecule has 0 aromatic carbocycles. The maximum Gasteiger partial charge on any atom is 0.330 e. The Labute approximate surface area is 89.9 Å². The van der Waals surface area contributed by atoms with Crippen molar-refractivity contribution in [3.63, 3.8) is 0 Å². The monoisotopic (exact) mass is 214 g/mol. The third-order valence-corrected chi connectivity index (χ3v) is 1.79. The number of ether oxygens (including phenoxy) is 1. The normalized spacial score (nSPS) is 12.7. The summed E-state index contributed by atoms with van der Waals surface area (Å²) in [6.07, 6.45) is 4.93. The molecule has 0 rings (SSSR count). The van der Waals surface area contributed by atoms with E-state index in [4.69, 9.17) is 9.84 Å². The molecular formula is C11H18O4. The van der Waals surface area contributed by atoms with Gasteiger partial charge in [0.1, 0.15) is 0 Å². The van der Waals surface area contributed by atoms with Crippen molar-refractivity contribution in [2.45, 2.75) is 45.6 Å². The molecule has 0 saturated heterocycles. The Hall–Kier alpha value is -1.32. The lowest BCUT2D eigenvalue weighted by Gasteiger charge is -2.09. The molecule has 0 aromatic heterocycles. The number of allylic oxidation sites excluding steroid dienone is 1. The third-order valence-electron chi connectivity index (χ3n) is 1.79. The van der Waals surface area contributed by atoms with E-state index in [1.54, 1.807) is 0 Å². The predicted molar refractivity (Wildman–Crippen MR) is 56.5 cm³/mol. The van der Waals surface area contributed by atoms with Crippen LogP contribution in [0.15, 0.2) is 12.2 Å². The zero-order valence-electron chi connectivity index (χ0n) is 9.23. The number of carboxylic acids is 1. The van der Waals surface area contributed by atoms with Crippen LogP contribution >= 0.6 is 0 Å². The lowest BCUT2D eigenvalue weighted by atomic mass is 10.2. The van der Waals surface area contributed by atoms with Crippen LogP contribution in [-0.4, -0.2) is 23.1 Å². The van der Waals surface area contributed by atoms with Gasteiger partial charge in [0.25, 0.3) is 0 Å². The fraction of sp³-hybridized carbons (Fsp3) is 0.636. The Balaban J connectivity index is 3.68. The van der Waals surface area contributed by atoms with Crippen molar-refractivity contribution in [3.8, 4) is 0 Å². The average Bonchev–Trinajstić information content (AvgIpc) is 2.12. The van der Waals surface area contributed by atoms with Crippen LogP contribution < -0.4 is 0 Å². The van der Waals surface area contributed by atoms with E-state index in [0.29, 0.717) is 6.42 Å². The average molecular weight is 214 g/mol. The minimum Gasteiger partial charge on any atom is -0.481 e. The van der Waals surface area contributed by atoms with Crippen LogP contribution in [0.3, 0.4) is 0 Å². The number of hydrogen-bond donors (Lipinski definition) is 1. The van der Waals surface area contributed by atoms with Crippen molar-refractivity contribution in [1.82, 2.24) is 0 Å². The molecule has 0 aliphatic rings. The minimum atomic E-state index is -0.868. The smallest absolute Gasteiger partial charge is 0.330 e. The second-order valence-corrected chi connectivity index (χ2v) is 3.37. The summed E-state index contributed by atoms with van der Waals surface area (Å²) in [6, 6.07) is 0. The second-order valence-electron chi connectivity index (χ2n) is 3.37. The van der Waals surface area contributed by atoms with Crippen LogP contribution in [0.1, 0.15) is 39.5 Å². The van der Waals surface area contributed by atoms with E-state index in [9.17, 15) is 9.59 Å². The summed E-state index contributed by atoms with van der Waals surface area (Å²) in [5, 5.41) is 8.34. The van der Waals surface area contributed by atoms with E-state index in [0.717, 1.165) is 12.8 Å². The Morgan fingerprint density at radius 3 is 2.67 bits per heavy atom. The lowest BCUT2D eigenvalue weighted by molar-refractivity contribution is -0.142. The van der Waals surface area contributed by atoms with Crippen LogP contribution in [0.25, 0.3) is 0 Å². The van der Waals surface area contributed by atoms with Gasteiger partial charge in [0, 0.05) is 12.5 Å². The number of carbonyl (C=O) groups is 2. The van der Waals surface area contributed by atoms with Gasteiger partial charge in [-0.2, -0.15) is 0 Å². The van der Waals surface area contributed by atoms with Crippen molar-refractivity contribution in [1.29, 1.82) is 0 Å². The summed E-state index contributed by atoms with van der Waals surface area (Å²) in [7, 11) is 0. The summed E-state index contributed by atoms with van der Waals surface area (Å²) >= 11 is 0. The van der Waals surface area contributed by atoms with Gasteiger partial charge in [0.05, 0.1) is 6.10 Å². The van der Waals surface area contributed by atoms with Gasteiger partial charge in [-0.05, 0) is 19.8 Å². The highest BCUT2D eigenvalue weighted by atomic mass is 16.5. The van der Waals surface area contributed by atoms with Crippen molar-refractivity contribution in [2.75, 3.05) is 0 Å². The SMILES string of the molecule is CCCC(C)OC(=O)C=CCCC(=O)O. The zero-order valence-corrected chi connectivity index (χ0v) is 9.23. The molecule has 0 aliphatic heterocycles. The summed E-state index contributed by atoms with van der Waals surface area (Å²) in [6.45, 7) is 3.86. The molecule has 0 bridgehead atoms. The fourth-order valence-electron chi connectivity index (χ4n) is 1.09. The van der Waals surface area contributed by atoms with Crippen molar-refractivity contribution in [3.05, 3.63) is 12.2 Å². The highest BCUT2D eigenvalue weighted by molar-refractivity contribution is 5.82. The van der Waals surface area contributed by atoms with Crippen LogP contribution in [0.5, 0.6) is 0 Å². The molecule has 0 fully saturated rings. The zero-order chi connectivity index (χ0) is 11.7. The Morgan fingerprint density at radius 1 is 1.47 bits per heavy atom. The molecule has 0 spiro atoms. The van der Waals surface area contributed by atoms with Crippen LogP contribution in [0.2, 0.25) is 0 Å². The Kier molecular flexibility index (Phi) is 7.32. The standard InChI is InChI=1S/C11H18O4/c1-3-6-9(2)15-11(14)8-5-4-7-10(12)13/h5,8-9H,3-4,6-7H2,1-2H3,(H,12,13). The minimum absolute atomic E-state index is 0.0360. The molecule has 86 valence electrons. The summed E-state index contributed by atoms with van der Waals surface area (Å²) in [5.41, 5.74) is 0. The first-order valence-electron chi connectivity index (χ1n) is 5.15. The largest absolute Gasteiger partial charge is 0.481 e. The molecule has 4 nitrogen and oxygen atoms in total. The number of esters is 1. The van der Waals surface area contributed by atoms with Crippen molar-refractivity contribution >= 4 is 11.9 Å². The van der Waals surface area contributed by atoms with Gasteiger partial charge < -0.3 is 9.84 Å². The van der Waals surface area contributed by atoms with E-state index in [2.05, 4.69) is 0 Å². The predicted octanol–water partition coefficient (Wildman–Crippen LogP) is 2.14. The third kappa shape index (κ3) is 9.00. The van der Waals surface area contributed by atoms with E-state index in [1.807, 2.05) is 13.8 Å². The molecule has 0 aliphatic carbocycles. The van der Waals surface area contributed by atoms with E-state index >= 15 is 0 Å². The molecule has 4 heteroatoms. The molecule has 1 N–H and O–H groups in total. The second kappa shape index (κ2) is 8.03. The van der Waals surface area contributed by atoms with Gasteiger partial charge in [-0.25, -0.2) is 4.79 Å². The quantitative estimate of drug-likeness (QED) is 0.521. The number of carbonyl (C=O) groups excluding carboxylic acids is 1. The van der Waals surface area contributed by atoms with Gasteiger partial charge in [-0.3, -0.25) is 4.79 Å². The first-order valence-corrected chi connectivity index (χ1v) is 5.15. The van der Waals surface area contributed by atoms with Crippen molar-refractivity contribution in [2.24, 2.45) is 0 Å². The molecule has 0 saturated carbocycles. The van der Waals surface area contributed by atoms with Gasteiger partial charge in [-0.15, -0.1) is 0 Å². The summed E-state index contributed by atoms with van der Waals surface area (Å²) in [4.78, 5) is 21.3. The molecule has 0 radical (unpaired) electrons. The van der Waals surface area contributed by atoms with E-state index in [1.165, 1.54) is 12.2 Å². The van der Waals surface area contributed by atoms with Gasteiger partial charge in [0.15, 0.2) is 0 Å². The Morgan fingerprint density at radius 2 is 2.13 bits per heavy atom. The van der Waals surface area contributed by atoms with Crippen LogP contribution in [0, 0.1) is 0 Å². The maximum atomic E-state index is 11.1. The molecule has 0 aromatic rings. The van der Waals surface area contributed by atoms with E-state index in [-0.39, 0.29) is 12.5 Å². The number of rotatable bonds is 7. The molecular weight excluding hydrogens is 196 g/mol. The number of aliphatic carboxylic acids is 1. The molecule has 0 heterocycles. The highest BCUT2D eigenvalue weighted by Gasteiger charge is 2.04. The summed E-state index contributed by atoms with van der Waals surface area (Å²) in [5.74, 6) is -1.27. The lowest BCUT2D eigenvalue weighted by Crippen LogP contribution is -2.12. The van der Waals surface area contributed by atoms with Gasteiger partial charge in [0.2, 0.25) is 0 Å². The number of hydrogen-bond acceptors (Lipinski definition) is 3. The molecule has 15 heavy (non-hydrogen) atoms. The first-order chi connectivity index (χ1) is 7.06. The fourth-order valence-corrected chi connectivity index (χ4v) is 1.09. The summed E-state index contributed by atoms with van der Waals surface area (Å²) < 4.78 is 5.02. The van der Waals surface area contributed by atoms with Crippen LogP contribution in [0.4, 0.5) is 0 Å². The van der Waals surface area contributed by atoms with Crippen molar-refractivity contribution < 1.29 is 19.4 Å². The Bertz CT molecular complexity index is 233. The maximum absolute atomic E-state index is 11.1.